The summed E-state index contributed by atoms with van der Waals surface area (Å²) in [4.78, 5) is 12.8. The van der Waals surface area contributed by atoms with Crippen molar-refractivity contribution in [3.8, 4) is 0 Å². The SMILES string of the molecule is O=C(Nc1ccc(F)cc1F)[C@H](NS(=O)(=O)c1cccc2nsnc12)c1ccccc1. The lowest BCUT2D eigenvalue weighted by Gasteiger charge is -2.19. The zero-order valence-electron chi connectivity index (χ0n) is 15.6. The van der Waals surface area contributed by atoms with Crippen molar-refractivity contribution < 1.29 is 22.0 Å². The van der Waals surface area contributed by atoms with Gasteiger partial charge in [-0.2, -0.15) is 13.5 Å². The summed E-state index contributed by atoms with van der Waals surface area (Å²) in [6.07, 6.45) is 0. The Kier molecular flexibility index (Phi) is 5.72. The minimum absolute atomic E-state index is 0.138. The number of hydrogen-bond donors (Lipinski definition) is 2. The Bertz CT molecular complexity index is 1360. The summed E-state index contributed by atoms with van der Waals surface area (Å²) >= 11 is 0.865. The van der Waals surface area contributed by atoms with Crippen LogP contribution >= 0.6 is 11.7 Å². The highest BCUT2D eigenvalue weighted by Gasteiger charge is 2.29. The Morgan fingerprint density at radius 2 is 1.74 bits per heavy atom. The Morgan fingerprint density at radius 3 is 2.48 bits per heavy atom. The maximum absolute atomic E-state index is 14.0. The van der Waals surface area contributed by atoms with Gasteiger partial charge < -0.3 is 5.32 Å². The van der Waals surface area contributed by atoms with Crippen LogP contribution in [-0.4, -0.2) is 23.1 Å². The number of carbonyl (C=O) groups excluding carboxylic acids is 1. The van der Waals surface area contributed by atoms with E-state index in [1.807, 2.05) is 0 Å². The standard InChI is InChI=1S/C20H14F2N4O3S2/c21-13-9-10-15(14(22)11-13)23-20(27)18(12-5-2-1-3-6-12)26-31(28,29)17-8-4-7-16-19(17)25-30-24-16/h1-11,18,26H,(H,23,27)/t18-/m1/s1. The summed E-state index contributed by atoms with van der Waals surface area (Å²) < 4.78 is 63.8. The van der Waals surface area contributed by atoms with E-state index in [1.54, 1.807) is 36.4 Å². The van der Waals surface area contributed by atoms with Gasteiger partial charge >= 0.3 is 0 Å². The molecule has 1 heterocycles. The summed E-state index contributed by atoms with van der Waals surface area (Å²) in [6, 6.07) is 13.8. The molecule has 0 bridgehead atoms. The molecule has 4 rings (SSSR count). The molecule has 1 atom stereocenters. The van der Waals surface area contributed by atoms with E-state index in [-0.39, 0.29) is 16.1 Å². The average molecular weight is 460 g/mol. The van der Waals surface area contributed by atoms with E-state index < -0.39 is 33.6 Å². The first-order chi connectivity index (χ1) is 14.8. The molecule has 11 heteroatoms. The fourth-order valence-electron chi connectivity index (χ4n) is 2.93. The van der Waals surface area contributed by atoms with Gasteiger partial charge in [-0.15, -0.1) is 0 Å². The van der Waals surface area contributed by atoms with Crippen molar-refractivity contribution in [2.45, 2.75) is 10.9 Å². The van der Waals surface area contributed by atoms with Gasteiger partial charge in [0.2, 0.25) is 15.9 Å². The molecule has 1 aromatic heterocycles. The van der Waals surface area contributed by atoms with Crippen LogP contribution in [0.25, 0.3) is 11.0 Å². The number of rotatable bonds is 6. The van der Waals surface area contributed by atoms with Crippen LogP contribution in [0.3, 0.4) is 0 Å². The first-order valence-corrected chi connectivity index (χ1v) is 11.1. The molecule has 7 nitrogen and oxygen atoms in total. The molecule has 0 spiro atoms. The van der Waals surface area contributed by atoms with Crippen molar-refractivity contribution in [1.29, 1.82) is 0 Å². The molecule has 0 radical (unpaired) electrons. The molecule has 158 valence electrons. The number of sulfonamides is 1. The van der Waals surface area contributed by atoms with E-state index in [9.17, 15) is 22.0 Å². The van der Waals surface area contributed by atoms with Gasteiger partial charge in [0.05, 0.1) is 17.4 Å². The van der Waals surface area contributed by atoms with Crippen molar-refractivity contribution in [3.63, 3.8) is 0 Å². The van der Waals surface area contributed by atoms with E-state index in [1.165, 1.54) is 12.1 Å². The third kappa shape index (κ3) is 4.43. The molecule has 0 saturated carbocycles. The predicted octanol–water partition coefficient (Wildman–Crippen LogP) is 3.63. The van der Waals surface area contributed by atoms with Crippen LogP contribution in [0.5, 0.6) is 0 Å². The number of halogens is 2. The first-order valence-electron chi connectivity index (χ1n) is 8.89. The molecular formula is C20H14F2N4O3S2. The van der Waals surface area contributed by atoms with E-state index >= 15 is 0 Å². The normalized spacial score (nSPS) is 12.6. The lowest BCUT2D eigenvalue weighted by molar-refractivity contribution is -0.117. The van der Waals surface area contributed by atoms with Crippen molar-refractivity contribution in [2.75, 3.05) is 5.32 Å². The van der Waals surface area contributed by atoms with Gasteiger partial charge in [0.15, 0.2) is 0 Å². The number of anilines is 1. The molecule has 0 aliphatic carbocycles. The van der Waals surface area contributed by atoms with Gasteiger partial charge in [0, 0.05) is 6.07 Å². The average Bonchev–Trinajstić information content (AvgIpc) is 3.23. The Labute approximate surface area is 180 Å². The summed E-state index contributed by atoms with van der Waals surface area (Å²) in [5, 5.41) is 2.31. The number of aromatic nitrogens is 2. The predicted molar refractivity (Wildman–Crippen MR) is 112 cm³/mol. The maximum Gasteiger partial charge on any atom is 0.247 e. The topological polar surface area (TPSA) is 101 Å². The summed E-state index contributed by atoms with van der Waals surface area (Å²) in [6.45, 7) is 0. The number of fused-ring (bicyclic) bond motifs is 1. The molecule has 31 heavy (non-hydrogen) atoms. The van der Waals surface area contributed by atoms with E-state index in [0.29, 0.717) is 17.1 Å². The fraction of sp³-hybridized carbons (Fsp3) is 0.0500. The van der Waals surface area contributed by atoms with Crippen LogP contribution in [0.4, 0.5) is 14.5 Å². The molecule has 0 unspecified atom stereocenters. The van der Waals surface area contributed by atoms with E-state index in [4.69, 9.17) is 0 Å². The third-order valence-electron chi connectivity index (χ3n) is 4.40. The van der Waals surface area contributed by atoms with Gasteiger partial charge in [-0.25, -0.2) is 17.2 Å². The first kappa shape index (κ1) is 21.0. The summed E-state index contributed by atoms with van der Waals surface area (Å²) in [5.74, 6) is -2.63. The van der Waals surface area contributed by atoms with E-state index in [0.717, 1.165) is 23.9 Å². The highest BCUT2D eigenvalue weighted by Crippen LogP contribution is 2.25. The van der Waals surface area contributed by atoms with Crippen LogP contribution in [0.15, 0.2) is 71.6 Å². The lowest BCUT2D eigenvalue weighted by Crippen LogP contribution is -2.37. The molecule has 0 aliphatic rings. The maximum atomic E-state index is 14.0. The van der Waals surface area contributed by atoms with Crippen LogP contribution in [-0.2, 0) is 14.8 Å². The number of hydrogen-bond acceptors (Lipinski definition) is 6. The van der Waals surface area contributed by atoms with Gasteiger partial charge in [-0.1, -0.05) is 36.4 Å². The molecule has 4 aromatic rings. The van der Waals surface area contributed by atoms with Crippen LogP contribution in [0.1, 0.15) is 11.6 Å². The highest BCUT2D eigenvalue weighted by atomic mass is 32.2. The van der Waals surface area contributed by atoms with Gasteiger partial charge in [-0.05, 0) is 29.8 Å². The van der Waals surface area contributed by atoms with Gasteiger partial charge in [0.1, 0.15) is 33.6 Å². The van der Waals surface area contributed by atoms with Gasteiger partial charge in [0.25, 0.3) is 0 Å². The second-order valence-electron chi connectivity index (χ2n) is 6.47. The zero-order valence-corrected chi connectivity index (χ0v) is 17.3. The second kappa shape index (κ2) is 8.46. The van der Waals surface area contributed by atoms with Crippen molar-refractivity contribution in [3.05, 3.63) is 83.9 Å². The molecule has 0 saturated heterocycles. The molecule has 1 amide bonds. The van der Waals surface area contributed by atoms with Crippen LogP contribution < -0.4 is 10.0 Å². The molecule has 2 N–H and O–H groups in total. The Morgan fingerprint density at radius 1 is 0.968 bits per heavy atom. The molecule has 0 aliphatic heterocycles. The quantitative estimate of drug-likeness (QED) is 0.458. The summed E-state index contributed by atoms with van der Waals surface area (Å²) in [7, 11) is -4.22. The largest absolute Gasteiger partial charge is 0.322 e. The minimum atomic E-state index is -4.22. The molecule has 3 aromatic carbocycles. The third-order valence-corrected chi connectivity index (χ3v) is 6.39. The summed E-state index contributed by atoms with van der Waals surface area (Å²) in [5.41, 5.74) is 0.630. The number of amides is 1. The molecular weight excluding hydrogens is 446 g/mol. The smallest absolute Gasteiger partial charge is 0.247 e. The van der Waals surface area contributed by atoms with Crippen molar-refractivity contribution in [2.24, 2.45) is 0 Å². The van der Waals surface area contributed by atoms with Gasteiger partial charge in [-0.3, -0.25) is 4.79 Å². The van der Waals surface area contributed by atoms with E-state index in [2.05, 4.69) is 18.8 Å². The number of carbonyl (C=O) groups is 1. The number of benzene rings is 3. The zero-order chi connectivity index (χ0) is 22.0. The number of nitrogens with zero attached hydrogens (tertiary/aromatic N) is 2. The minimum Gasteiger partial charge on any atom is -0.322 e. The lowest BCUT2D eigenvalue weighted by atomic mass is 10.1. The number of nitrogens with one attached hydrogen (secondary N) is 2. The monoisotopic (exact) mass is 460 g/mol. The second-order valence-corrected chi connectivity index (χ2v) is 8.68. The fourth-order valence-corrected chi connectivity index (χ4v) is 4.88. The van der Waals surface area contributed by atoms with Crippen molar-refractivity contribution in [1.82, 2.24) is 13.5 Å². The Balaban J connectivity index is 1.70. The Hall–Kier alpha value is -3.28. The van der Waals surface area contributed by atoms with Crippen LogP contribution in [0.2, 0.25) is 0 Å². The van der Waals surface area contributed by atoms with Crippen LogP contribution in [0, 0.1) is 11.6 Å². The van der Waals surface area contributed by atoms with Crippen molar-refractivity contribution >= 4 is 44.4 Å². The highest BCUT2D eigenvalue weighted by molar-refractivity contribution is 7.89. The molecule has 0 fully saturated rings.